The summed E-state index contributed by atoms with van der Waals surface area (Å²) in [5.41, 5.74) is 1.14. The third kappa shape index (κ3) is 3.28. The van der Waals surface area contributed by atoms with Gasteiger partial charge in [0.15, 0.2) is 5.82 Å². The van der Waals surface area contributed by atoms with Crippen molar-refractivity contribution in [3.05, 3.63) is 41.8 Å². The summed E-state index contributed by atoms with van der Waals surface area (Å²) in [6.45, 7) is 6.61. The lowest BCUT2D eigenvalue weighted by atomic mass is 9.81. The van der Waals surface area contributed by atoms with Gasteiger partial charge in [0.25, 0.3) is 0 Å². The van der Waals surface area contributed by atoms with Crippen molar-refractivity contribution in [1.29, 1.82) is 0 Å². The van der Waals surface area contributed by atoms with E-state index in [4.69, 9.17) is 9.26 Å². The van der Waals surface area contributed by atoms with Crippen LogP contribution < -0.4 is 0 Å². The monoisotopic (exact) mass is 314 g/mol. The number of aryl methyl sites for hydroxylation is 1. The molecule has 2 saturated heterocycles. The molecule has 23 heavy (non-hydrogen) atoms. The van der Waals surface area contributed by atoms with Crippen molar-refractivity contribution in [2.75, 3.05) is 26.3 Å². The van der Waals surface area contributed by atoms with Gasteiger partial charge in [-0.3, -0.25) is 9.88 Å². The molecule has 122 valence electrons. The summed E-state index contributed by atoms with van der Waals surface area (Å²) in [6, 6.07) is 6.11. The Balaban J connectivity index is 1.42. The highest BCUT2D eigenvalue weighted by molar-refractivity contribution is 5.04. The Labute approximate surface area is 135 Å². The van der Waals surface area contributed by atoms with E-state index in [9.17, 15) is 0 Å². The second-order valence-electron chi connectivity index (χ2n) is 6.68. The average molecular weight is 314 g/mol. The van der Waals surface area contributed by atoms with Gasteiger partial charge in [-0.05, 0) is 36.8 Å². The third-order valence-electron chi connectivity index (χ3n) is 4.95. The molecule has 0 spiro atoms. The molecule has 6 nitrogen and oxygen atoms in total. The lowest BCUT2D eigenvalue weighted by Gasteiger charge is -2.32. The minimum atomic E-state index is 0.460. The summed E-state index contributed by atoms with van der Waals surface area (Å²) >= 11 is 0. The van der Waals surface area contributed by atoms with Crippen LogP contribution in [0, 0.1) is 24.7 Å². The molecule has 0 amide bonds. The predicted molar refractivity (Wildman–Crippen MR) is 83.5 cm³/mol. The first-order valence-corrected chi connectivity index (χ1v) is 8.27. The second kappa shape index (κ2) is 6.37. The maximum atomic E-state index is 5.84. The van der Waals surface area contributed by atoms with Crippen LogP contribution in [0.2, 0.25) is 0 Å². The zero-order chi connectivity index (χ0) is 15.6. The lowest BCUT2D eigenvalue weighted by Crippen LogP contribution is -2.36. The Morgan fingerprint density at radius 1 is 1.26 bits per heavy atom. The van der Waals surface area contributed by atoms with Gasteiger partial charge in [-0.25, -0.2) is 0 Å². The van der Waals surface area contributed by atoms with Gasteiger partial charge in [0.05, 0.1) is 18.9 Å². The van der Waals surface area contributed by atoms with Gasteiger partial charge >= 0.3 is 0 Å². The maximum Gasteiger partial charge on any atom is 0.227 e. The molecular weight excluding hydrogens is 292 g/mol. The highest BCUT2D eigenvalue weighted by Crippen LogP contribution is 2.36. The largest absolute Gasteiger partial charge is 0.381 e. The Hall–Kier alpha value is -1.79. The number of fused-ring (bicyclic) bond motifs is 1. The normalized spacial score (nSPS) is 28.0. The molecule has 0 aliphatic carbocycles. The molecule has 2 aliphatic rings. The fourth-order valence-corrected chi connectivity index (χ4v) is 3.90. The maximum absolute atomic E-state index is 5.84. The van der Waals surface area contributed by atoms with Gasteiger partial charge in [-0.15, -0.1) is 0 Å². The Morgan fingerprint density at radius 3 is 3.00 bits per heavy atom. The molecule has 4 rings (SSSR count). The fourth-order valence-electron chi connectivity index (χ4n) is 3.90. The molecule has 6 heteroatoms. The van der Waals surface area contributed by atoms with E-state index >= 15 is 0 Å². The number of hydrogen-bond acceptors (Lipinski definition) is 6. The van der Waals surface area contributed by atoms with Gasteiger partial charge in [0.1, 0.15) is 0 Å². The van der Waals surface area contributed by atoms with Crippen LogP contribution in [0.1, 0.15) is 17.4 Å². The number of aromatic nitrogens is 3. The van der Waals surface area contributed by atoms with E-state index in [0.29, 0.717) is 23.6 Å². The summed E-state index contributed by atoms with van der Waals surface area (Å²) in [4.78, 5) is 11.3. The number of hydrogen-bond donors (Lipinski definition) is 0. The predicted octanol–water partition coefficient (Wildman–Crippen LogP) is 1.71. The SMILES string of the molecule is Cc1noc(C[C@@H]2COC[C@@H]3CN(Cc4ccccn4)C[C@@H]32)n1. The van der Waals surface area contributed by atoms with Crippen LogP contribution in [0.5, 0.6) is 0 Å². The van der Waals surface area contributed by atoms with E-state index in [2.05, 4.69) is 32.2 Å². The van der Waals surface area contributed by atoms with E-state index in [0.717, 1.165) is 50.9 Å². The van der Waals surface area contributed by atoms with Crippen LogP contribution in [-0.2, 0) is 17.7 Å². The molecule has 2 fully saturated rings. The number of rotatable bonds is 4. The minimum Gasteiger partial charge on any atom is -0.381 e. The number of likely N-dealkylation sites (tertiary alicyclic amines) is 1. The van der Waals surface area contributed by atoms with E-state index in [1.54, 1.807) is 0 Å². The first-order valence-electron chi connectivity index (χ1n) is 8.27. The molecule has 0 N–H and O–H groups in total. The van der Waals surface area contributed by atoms with Crippen LogP contribution in [0.4, 0.5) is 0 Å². The topological polar surface area (TPSA) is 64.3 Å². The summed E-state index contributed by atoms with van der Waals surface area (Å²) in [5, 5.41) is 3.89. The lowest BCUT2D eigenvalue weighted by molar-refractivity contribution is -0.0110. The van der Waals surface area contributed by atoms with Crippen LogP contribution in [0.25, 0.3) is 0 Å². The van der Waals surface area contributed by atoms with Crippen LogP contribution >= 0.6 is 0 Å². The Morgan fingerprint density at radius 2 is 2.22 bits per heavy atom. The van der Waals surface area contributed by atoms with Crippen molar-refractivity contribution in [3.63, 3.8) is 0 Å². The molecule has 0 aromatic carbocycles. The summed E-state index contributed by atoms with van der Waals surface area (Å²) in [5.74, 6) is 3.14. The molecule has 2 aromatic heterocycles. The zero-order valence-corrected chi connectivity index (χ0v) is 13.4. The van der Waals surface area contributed by atoms with E-state index in [-0.39, 0.29) is 0 Å². The number of pyridine rings is 1. The molecule has 3 atom stereocenters. The van der Waals surface area contributed by atoms with Crippen molar-refractivity contribution in [2.24, 2.45) is 17.8 Å². The summed E-state index contributed by atoms with van der Waals surface area (Å²) < 4.78 is 11.1. The first kappa shape index (κ1) is 14.8. The molecule has 0 radical (unpaired) electrons. The molecule has 2 aromatic rings. The van der Waals surface area contributed by atoms with Crippen molar-refractivity contribution in [2.45, 2.75) is 19.9 Å². The molecule has 2 aliphatic heterocycles. The number of nitrogens with zero attached hydrogens (tertiary/aromatic N) is 4. The van der Waals surface area contributed by atoms with Crippen LogP contribution in [-0.4, -0.2) is 46.3 Å². The van der Waals surface area contributed by atoms with E-state index in [1.165, 1.54) is 0 Å². The smallest absolute Gasteiger partial charge is 0.227 e. The fraction of sp³-hybridized carbons (Fsp3) is 0.588. The minimum absolute atomic E-state index is 0.460. The van der Waals surface area contributed by atoms with Gasteiger partial charge in [0, 0.05) is 32.3 Å². The molecule has 4 heterocycles. The molecule has 0 unspecified atom stereocenters. The van der Waals surface area contributed by atoms with Crippen molar-refractivity contribution < 1.29 is 9.26 Å². The molecular formula is C17H22N4O2. The summed E-state index contributed by atoms with van der Waals surface area (Å²) in [7, 11) is 0. The van der Waals surface area contributed by atoms with Crippen molar-refractivity contribution in [1.82, 2.24) is 20.0 Å². The molecule has 0 bridgehead atoms. The number of ether oxygens (including phenoxy) is 1. The van der Waals surface area contributed by atoms with Crippen molar-refractivity contribution >= 4 is 0 Å². The average Bonchev–Trinajstić information content (AvgIpc) is 3.15. The quantitative estimate of drug-likeness (QED) is 0.856. The van der Waals surface area contributed by atoms with Gasteiger partial charge in [0.2, 0.25) is 5.89 Å². The van der Waals surface area contributed by atoms with Gasteiger partial charge < -0.3 is 9.26 Å². The van der Waals surface area contributed by atoms with Gasteiger partial charge in [-0.2, -0.15) is 4.98 Å². The van der Waals surface area contributed by atoms with E-state index < -0.39 is 0 Å². The van der Waals surface area contributed by atoms with Crippen LogP contribution in [0.15, 0.2) is 28.9 Å². The second-order valence-corrected chi connectivity index (χ2v) is 6.68. The highest BCUT2D eigenvalue weighted by atomic mass is 16.5. The summed E-state index contributed by atoms with van der Waals surface area (Å²) in [6.07, 6.45) is 2.68. The standard InChI is InChI=1S/C17H22N4O2/c1-12-19-17(23-20-12)6-13-10-22-11-14-7-21(9-16(13)14)8-15-4-2-3-5-18-15/h2-5,13-14,16H,6-11H2,1H3/t13-,14+,16-/m1/s1. The third-order valence-corrected chi connectivity index (χ3v) is 4.95. The van der Waals surface area contributed by atoms with Crippen molar-refractivity contribution in [3.8, 4) is 0 Å². The van der Waals surface area contributed by atoms with E-state index in [1.807, 2.05) is 19.2 Å². The zero-order valence-electron chi connectivity index (χ0n) is 13.4. The first-order chi connectivity index (χ1) is 11.3. The molecule has 0 saturated carbocycles. The Bertz CT molecular complexity index is 645. The van der Waals surface area contributed by atoms with Gasteiger partial charge in [-0.1, -0.05) is 11.2 Å². The Kier molecular flexibility index (Phi) is 4.10. The highest BCUT2D eigenvalue weighted by Gasteiger charge is 2.41. The van der Waals surface area contributed by atoms with Crippen LogP contribution in [0.3, 0.4) is 0 Å².